The maximum Gasteiger partial charge on any atom is 0.245 e. The molecular weight excluding hydrogens is 190 g/mol. The molecule has 0 saturated heterocycles. The van der Waals surface area contributed by atoms with Crippen molar-refractivity contribution in [2.24, 2.45) is 0 Å². The molecule has 0 saturated carbocycles. The van der Waals surface area contributed by atoms with Crippen molar-refractivity contribution in [3.63, 3.8) is 0 Å². The highest BCUT2D eigenvalue weighted by Gasteiger charge is 2.11. The van der Waals surface area contributed by atoms with Crippen LogP contribution in [0.15, 0.2) is 30.3 Å². The van der Waals surface area contributed by atoms with E-state index >= 15 is 0 Å². The molecule has 0 aliphatic carbocycles. The van der Waals surface area contributed by atoms with Crippen LogP contribution in [-0.4, -0.2) is 11.1 Å². The zero-order valence-corrected chi connectivity index (χ0v) is 7.66. The summed E-state index contributed by atoms with van der Waals surface area (Å²) < 4.78 is 0. The van der Waals surface area contributed by atoms with Gasteiger partial charge >= 0.3 is 0 Å². The summed E-state index contributed by atoms with van der Waals surface area (Å²) in [6.07, 6.45) is 0.0715. The van der Waals surface area contributed by atoms with Gasteiger partial charge in [0.05, 0.1) is 5.38 Å². The highest BCUT2D eigenvalue weighted by molar-refractivity contribution is 6.21. The molecule has 2 N–H and O–H groups in total. The first-order valence-electron chi connectivity index (χ1n) is 3.86. The van der Waals surface area contributed by atoms with Crippen LogP contribution in [0.2, 0.25) is 0 Å². The molecule has 0 aliphatic rings. The standard InChI is InChI=1S/C9H10ClNO2/c10-8(6-9(12)11-13)7-4-2-1-3-5-7/h1-5,8,13H,6H2,(H,11,12). The second kappa shape index (κ2) is 4.84. The summed E-state index contributed by atoms with van der Waals surface area (Å²) in [6, 6.07) is 9.24. The third-order valence-corrected chi connectivity index (χ3v) is 2.06. The number of amides is 1. The van der Waals surface area contributed by atoms with Crippen LogP contribution >= 0.6 is 11.6 Å². The van der Waals surface area contributed by atoms with Crippen LogP contribution in [0.4, 0.5) is 0 Å². The molecule has 0 heterocycles. The van der Waals surface area contributed by atoms with E-state index in [0.29, 0.717) is 0 Å². The first kappa shape index (κ1) is 10.0. The summed E-state index contributed by atoms with van der Waals surface area (Å²) in [5.74, 6) is -0.483. The van der Waals surface area contributed by atoms with E-state index in [1.807, 2.05) is 30.3 Å². The van der Waals surface area contributed by atoms with Crippen LogP contribution in [-0.2, 0) is 4.79 Å². The number of benzene rings is 1. The van der Waals surface area contributed by atoms with E-state index in [1.54, 1.807) is 5.48 Å². The summed E-state index contributed by atoms with van der Waals surface area (Å²) in [5.41, 5.74) is 2.41. The van der Waals surface area contributed by atoms with Crippen LogP contribution in [0.25, 0.3) is 0 Å². The van der Waals surface area contributed by atoms with Crippen LogP contribution < -0.4 is 5.48 Å². The number of hydroxylamine groups is 1. The maximum atomic E-state index is 10.7. The van der Waals surface area contributed by atoms with Gasteiger partial charge in [0, 0.05) is 6.42 Å². The number of alkyl halides is 1. The molecule has 0 radical (unpaired) electrons. The molecule has 70 valence electrons. The molecule has 1 atom stereocenters. The van der Waals surface area contributed by atoms with Gasteiger partial charge in [0.2, 0.25) is 5.91 Å². The summed E-state index contributed by atoms with van der Waals surface area (Å²) in [7, 11) is 0. The normalized spacial score (nSPS) is 12.2. The van der Waals surface area contributed by atoms with E-state index in [-0.39, 0.29) is 6.42 Å². The van der Waals surface area contributed by atoms with Crippen molar-refractivity contribution in [2.75, 3.05) is 0 Å². The molecular formula is C9H10ClNO2. The Morgan fingerprint density at radius 3 is 2.62 bits per heavy atom. The first-order valence-corrected chi connectivity index (χ1v) is 4.29. The molecule has 1 aromatic rings. The number of hydrogen-bond donors (Lipinski definition) is 2. The molecule has 3 nitrogen and oxygen atoms in total. The van der Waals surface area contributed by atoms with Gasteiger partial charge in [0.25, 0.3) is 0 Å². The molecule has 0 aliphatic heterocycles. The van der Waals surface area contributed by atoms with E-state index < -0.39 is 11.3 Å². The lowest BCUT2D eigenvalue weighted by Gasteiger charge is -2.07. The largest absolute Gasteiger partial charge is 0.289 e. The van der Waals surface area contributed by atoms with Crippen LogP contribution in [0, 0.1) is 0 Å². The van der Waals surface area contributed by atoms with E-state index in [0.717, 1.165) is 5.56 Å². The molecule has 0 bridgehead atoms. The first-order chi connectivity index (χ1) is 6.24. The lowest BCUT2D eigenvalue weighted by Crippen LogP contribution is -2.19. The maximum absolute atomic E-state index is 10.7. The number of halogens is 1. The molecule has 1 aromatic carbocycles. The zero-order valence-electron chi connectivity index (χ0n) is 6.90. The van der Waals surface area contributed by atoms with Gasteiger partial charge in [0.15, 0.2) is 0 Å². The molecule has 4 heteroatoms. The Bertz CT molecular complexity index is 276. The van der Waals surface area contributed by atoms with E-state index in [9.17, 15) is 4.79 Å². The Kier molecular flexibility index (Phi) is 3.73. The van der Waals surface area contributed by atoms with Gasteiger partial charge in [-0.05, 0) is 5.56 Å². The van der Waals surface area contributed by atoms with Gasteiger partial charge in [-0.25, -0.2) is 5.48 Å². The third kappa shape index (κ3) is 3.05. The predicted molar refractivity (Wildman–Crippen MR) is 49.6 cm³/mol. The van der Waals surface area contributed by atoms with Crippen molar-refractivity contribution in [3.05, 3.63) is 35.9 Å². The van der Waals surface area contributed by atoms with Gasteiger partial charge in [-0.3, -0.25) is 10.0 Å². The molecule has 1 amide bonds. The van der Waals surface area contributed by atoms with E-state index in [2.05, 4.69) is 0 Å². The Labute approximate surface area is 81.3 Å². The zero-order chi connectivity index (χ0) is 9.68. The van der Waals surface area contributed by atoms with Gasteiger partial charge in [-0.15, -0.1) is 11.6 Å². The van der Waals surface area contributed by atoms with Gasteiger partial charge < -0.3 is 0 Å². The van der Waals surface area contributed by atoms with E-state index in [1.165, 1.54) is 0 Å². The molecule has 0 fully saturated rings. The van der Waals surface area contributed by atoms with Crippen molar-refractivity contribution in [1.82, 2.24) is 5.48 Å². The highest BCUT2D eigenvalue weighted by Crippen LogP contribution is 2.23. The molecule has 1 rings (SSSR count). The number of carbonyl (C=O) groups is 1. The summed E-state index contributed by atoms with van der Waals surface area (Å²) in [6.45, 7) is 0. The monoisotopic (exact) mass is 199 g/mol. The van der Waals surface area contributed by atoms with Crippen LogP contribution in [0.1, 0.15) is 17.4 Å². The quantitative estimate of drug-likeness (QED) is 0.444. The molecule has 1 unspecified atom stereocenters. The second-order valence-electron chi connectivity index (χ2n) is 2.62. The van der Waals surface area contributed by atoms with Crippen LogP contribution in [0.5, 0.6) is 0 Å². The molecule has 0 aromatic heterocycles. The smallest absolute Gasteiger partial charge is 0.245 e. The second-order valence-corrected chi connectivity index (χ2v) is 3.14. The topological polar surface area (TPSA) is 49.3 Å². The fraction of sp³-hybridized carbons (Fsp3) is 0.222. The Hall–Kier alpha value is -1.06. The fourth-order valence-electron chi connectivity index (χ4n) is 0.988. The van der Waals surface area contributed by atoms with Crippen molar-refractivity contribution in [3.8, 4) is 0 Å². The third-order valence-electron chi connectivity index (χ3n) is 1.65. The average molecular weight is 200 g/mol. The molecule has 0 spiro atoms. The summed E-state index contributed by atoms with van der Waals surface area (Å²) in [5, 5.41) is 7.88. The van der Waals surface area contributed by atoms with Gasteiger partial charge in [-0.1, -0.05) is 30.3 Å². The van der Waals surface area contributed by atoms with E-state index in [4.69, 9.17) is 16.8 Å². The summed E-state index contributed by atoms with van der Waals surface area (Å²) >= 11 is 5.91. The summed E-state index contributed by atoms with van der Waals surface area (Å²) in [4.78, 5) is 10.7. The van der Waals surface area contributed by atoms with Gasteiger partial charge in [-0.2, -0.15) is 0 Å². The number of hydrogen-bond acceptors (Lipinski definition) is 2. The number of carbonyl (C=O) groups excluding carboxylic acids is 1. The Morgan fingerprint density at radius 2 is 2.08 bits per heavy atom. The molecule has 13 heavy (non-hydrogen) atoms. The van der Waals surface area contributed by atoms with Crippen molar-refractivity contribution in [2.45, 2.75) is 11.8 Å². The Balaban J connectivity index is 2.59. The fourth-order valence-corrected chi connectivity index (χ4v) is 1.27. The minimum atomic E-state index is -0.483. The number of nitrogens with one attached hydrogen (secondary N) is 1. The lowest BCUT2D eigenvalue weighted by atomic mass is 10.1. The lowest BCUT2D eigenvalue weighted by molar-refractivity contribution is -0.129. The van der Waals surface area contributed by atoms with Crippen molar-refractivity contribution < 1.29 is 10.0 Å². The van der Waals surface area contributed by atoms with Gasteiger partial charge in [0.1, 0.15) is 0 Å². The number of rotatable bonds is 3. The van der Waals surface area contributed by atoms with Crippen LogP contribution in [0.3, 0.4) is 0 Å². The predicted octanol–water partition coefficient (Wildman–Crippen LogP) is 1.86. The van der Waals surface area contributed by atoms with Crippen molar-refractivity contribution in [1.29, 1.82) is 0 Å². The average Bonchev–Trinajstić information content (AvgIpc) is 2.19. The minimum absolute atomic E-state index is 0.0715. The minimum Gasteiger partial charge on any atom is -0.289 e. The Morgan fingerprint density at radius 1 is 1.46 bits per heavy atom. The van der Waals surface area contributed by atoms with Crippen molar-refractivity contribution >= 4 is 17.5 Å². The highest BCUT2D eigenvalue weighted by atomic mass is 35.5. The SMILES string of the molecule is O=C(CC(Cl)c1ccccc1)NO.